The van der Waals surface area contributed by atoms with Gasteiger partial charge in [0.05, 0.1) is 11.3 Å². The van der Waals surface area contributed by atoms with Crippen LogP contribution in [0.5, 0.6) is 5.75 Å². The molecule has 6 nitrogen and oxygen atoms in total. The van der Waals surface area contributed by atoms with Gasteiger partial charge in [0.2, 0.25) is 5.95 Å². The van der Waals surface area contributed by atoms with Crippen LogP contribution < -0.4 is 16.2 Å². The number of rotatable bonds is 2. The number of nitrogens with zero attached hydrogens (tertiary/aromatic N) is 1. The van der Waals surface area contributed by atoms with Crippen LogP contribution in [0, 0.1) is 0 Å². The molecule has 0 spiro atoms. The molecule has 4 N–H and O–H groups in total. The van der Waals surface area contributed by atoms with E-state index in [9.17, 15) is 9.90 Å². The summed E-state index contributed by atoms with van der Waals surface area (Å²) in [7, 11) is 0. The molecule has 0 radical (unpaired) electrons. The number of H-pyrrole nitrogens is 1. The van der Waals surface area contributed by atoms with Crippen LogP contribution in [0.4, 0.5) is 11.6 Å². The molecule has 0 amide bonds. The molecule has 0 fully saturated rings. The number of aromatic amines is 1. The fourth-order valence-electron chi connectivity index (χ4n) is 2.09. The lowest BCUT2D eigenvalue weighted by atomic mass is 10.1. The van der Waals surface area contributed by atoms with Crippen molar-refractivity contribution in [3.05, 3.63) is 45.9 Å². The van der Waals surface area contributed by atoms with Crippen molar-refractivity contribution in [1.82, 2.24) is 15.3 Å². The van der Waals surface area contributed by atoms with Gasteiger partial charge in [-0.1, -0.05) is 0 Å². The maximum absolute atomic E-state index is 11.9. The summed E-state index contributed by atoms with van der Waals surface area (Å²) >= 11 is 0. The zero-order chi connectivity index (χ0) is 13.2. The molecule has 3 rings (SSSR count). The number of hydrogen-bond donors (Lipinski definition) is 4. The summed E-state index contributed by atoms with van der Waals surface area (Å²) in [6, 6.07) is 6.58. The highest BCUT2D eigenvalue weighted by Crippen LogP contribution is 2.17. The lowest BCUT2D eigenvalue weighted by molar-refractivity contribution is 0.475. The predicted octanol–water partition coefficient (Wildman–Crippen LogP) is 0.865. The highest BCUT2D eigenvalue weighted by Gasteiger charge is 2.14. The Morgan fingerprint density at radius 3 is 2.84 bits per heavy atom. The number of aromatic hydroxyl groups is 1. The number of phenols is 1. The van der Waals surface area contributed by atoms with Crippen LogP contribution in [0.3, 0.4) is 0 Å². The maximum atomic E-state index is 11.9. The van der Waals surface area contributed by atoms with Gasteiger partial charge in [-0.3, -0.25) is 9.78 Å². The van der Waals surface area contributed by atoms with Crippen molar-refractivity contribution in [2.45, 2.75) is 13.0 Å². The van der Waals surface area contributed by atoms with Crippen LogP contribution in [0.25, 0.3) is 0 Å². The van der Waals surface area contributed by atoms with E-state index in [1.807, 2.05) is 0 Å². The summed E-state index contributed by atoms with van der Waals surface area (Å²) in [6.07, 6.45) is 0.753. The number of aromatic nitrogens is 2. The average Bonchev–Trinajstić information content (AvgIpc) is 2.42. The Morgan fingerprint density at radius 2 is 2.05 bits per heavy atom. The fraction of sp³-hybridized carbons (Fsp3) is 0.231. The molecule has 1 aromatic carbocycles. The molecule has 1 aromatic heterocycles. The largest absolute Gasteiger partial charge is 0.508 e. The summed E-state index contributed by atoms with van der Waals surface area (Å²) in [6.45, 7) is 1.40. The van der Waals surface area contributed by atoms with Crippen LogP contribution >= 0.6 is 0 Å². The summed E-state index contributed by atoms with van der Waals surface area (Å²) < 4.78 is 0. The molecular weight excluding hydrogens is 244 g/mol. The highest BCUT2D eigenvalue weighted by molar-refractivity contribution is 5.54. The van der Waals surface area contributed by atoms with Gasteiger partial charge < -0.3 is 15.7 Å². The Hall–Kier alpha value is -2.34. The highest BCUT2D eigenvalue weighted by atomic mass is 16.3. The normalized spacial score (nSPS) is 13.9. The first-order valence-corrected chi connectivity index (χ1v) is 6.11. The smallest absolute Gasteiger partial charge is 0.257 e. The molecule has 1 aliphatic rings. The molecule has 2 heterocycles. The molecule has 6 heteroatoms. The van der Waals surface area contributed by atoms with Crippen molar-refractivity contribution in [3.63, 3.8) is 0 Å². The molecule has 0 saturated carbocycles. The van der Waals surface area contributed by atoms with Crippen molar-refractivity contribution in [3.8, 4) is 5.75 Å². The molecule has 0 unspecified atom stereocenters. The van der Waals surface area contributed by atoms with E-state index in [0.29, 0.717) is 18.1 Å². The lowest BCUT2D eigenvalue weighted by Crippen LogP contribution is -2.31. The second-order valence-corrected chi connectivity index (χ2v) is 4.44. The van der Waals surface area contributed by atoms with Crippen molar-refractivity contribution < 1.29 is 5.11 Å². The van der Waals surface area contributed by atoms with Gasteiger partial charge in [-0.2, -0.15) is 0 Å². The maximum Gasteiger partial charge on any atom is 0.257 e. The number of benzene rings is 1. The first-order valence-electron chi connectivity index (χ1n) is 6.11. The Morgan fingerprint density at radius 1 is 1.26 bits per heavy atom. The van der Waals surface area contributed by atoms with Gasteiger partial charge in [0.15, 0.2) is 0 Å². The van der Waals surface area contributed by atoms with Crippen molar-refractivity contribution in [2.75, 3.05) is 11.9 Å². The van der Waals surface area contributed by atoms with E-state index in [1.165, 1.54) is 0 Å². The molecule has 0 saturated heterocycles. The second-order valence-electron chi connectivity index (χ2n) is 4.44. The SMILES string of the molecule is O=c1[nH]c(Nc2ccc(O)cc2)nc2c1CNCC2. The van der Waals surface area contributed by atoms with Crippen LogP contribution in [0.2, 0.25) is 0 Å². The van der Waals surface area contributed by atoms with Gasteiger partial charge in [-0.25, -0.2) is 4.98 Å². The summed E-state index contributed by atoms with van der Waals surface area (Å²) in [5.41, 5.74) is 2.19. The van der Waals surface area contributed by atoms with Gasteiger partial charge in [0.25, 0.3) is 5.56 Å². The van der Waals surface area contributed by atoms with Gasteiger partial charge in [0, 0.05) is 25.2 Å². The molecule has 0 bridgehead atoms. The summed E-state index contributed by atoms with van der Waals surface area (Å²) in [5, 5.41) is 15.4. The van der Waals surface area contributed by atoms with E-state index < -0.39 is 0 Å². The van der Waals surface area contributed by atoms with E-state index in [-0.39, 0.29) is 11.3 Å². The Bertz CT molecular complexity index is 649. The number of nitrogens with one attached hydrogen (secondary N) is 3. The number of hydrogen-bond acceptors (Lipinski definition) is 5. The molecular formula is C13H14N4O2. The standard InChI is InChI=1S/C13H14N4O2/c18-9-3-1-8(2-4-9)15-13-16-11-5-6-14-7-10(11)12(19)17-13/h1-4,14,18H,5-7H2,(H2,15,16,17,19). The van der Waals surface area contributed by atoms with Gasteiger partial charge in [-0.05, 0) is 24.3 Å². The minimum Gasteiger partial charge on any atom is -0.508 e. The molecule has 0 aliphatic carbocycles. The molecule has 0 atom stereocenters. The van der Waals surface area contributed by atoms with Crippen LogP contribution in [0.15, 0.2) is 29.1 Å². The Kier molecular flexibility index (Phi) is 2.92. The number of anilines is 2. The fourth-order valence-corrected chi connectivity index (χ4v) is 2.09. The Balaban J connectivity index is 1.91. The third-order valence-electron chi connectivity index (χ3n) is 3.07. The minimum atomic E-state index is -0.113. The van der Waals surface area contributed by atoms with E-state index >= 15 is 0 Å². The molecule has 19 heavy (non-hydrogen) atoms. The van der Waals surface area contributed by atoms with Crippen LogP contribution in [0.1, 0.15) is 11.3 Å². The Labute approximate surface area is 109 Å². The van der Waals surface area contributed by atoms with Gasteiger partial charge in [-0.15, -0.1) is 0 Å². The number of phenolic OH excluding ortho intramolecular Hbond substituents is 1. The first kappa shape index (κ1) is 11.7. The summed E-state index contributed by atoms with van der Waals surface area (Å²) in [4.78, 5) is 19.1. The zero-order valence-corrected chi connectivity index (χ0v) is 10.2. The van der Waals surface area contributed by atoms with Gasteiger partial charge in [0.1, 0.15) is 5.75 Å². The van der Waals surface area contributed by atoms with Crippen molar-refractivity contribution >= 4 is 11.6 Å². The van der Waals surface area contributed by atoms with E-state index in [0.717, 1.165) is 24.3 Å². The van der Waals surface area contributed by atoms with E-state index in [1.54, 1.807) is 24.3 Å². The molecule has 2 aromatic rings. The third-order valence-corrected chi connectivity index (χ3v) is 3.07. The molecule has 98 valence electrons. The third kappa shape index (κ3) is 2.43. The van der Waals surface area contributed by atoms with Crippen LogP contribution in [-0.4, -0.2) is 21.6 Å². The summed E-state index contributed by atoms with van der Waals surface area (Å²) in [5.74, 6) is 0.625. The first-order chi connectivity index (χ1) is 9.22. The zero-order valence-electron chi connectivity index (χ0n) is 10.2. The van der Waals surface area contributed by atoms with Crippen LogP contribution in [-0.2, 0) is 13.0 Å². The topological polar surface area (TPSA) is 90.0 Å². The van der Waals surface area contributed by atoms with Gasteiger partial charge >= 0.3 is 0 Å². The van der Waals surface area contributed by atoms with Crippen molar-refractivity contribution in [1.29, 1.82) is 0 Å². The average molecular weight is 258 g/mol. The van der Waals surface area contributed by atoms with E-state index in [2.05, 4.69) is 20.6 Å². The quantitative estimate of drug-likeness (QED) is 0.600. The lowest BCUT2D eigenvalue weighted by Gasteiger charge is -2.16. The molecule has 1 aliphatic heterocycles. The number of fused-ring (bicyclic) bond motifs is 1. The second kappa shape index (κ2) is 4.74. The van der Waals surface area contributed by atoms with Crippen molar-refractivity contribution in [2.24, 2.45) is 0 Å². The monoisotopic (exact) mass is 258 g/mol. The van der Waals surface area contributed by atoms with E-state index in [4.69, 9.17) is 0 Å². The minimum absolute atomic E-state index is 0.113. The predicted molar refractivity (Wildman–Crippen MR) is 71.7 cm³/mol.